The second-order valence-corrected chi connectivity index (χ2v) is 4.52. The summed E-state index contributed by atoms with van der Waals surface area (Å²) in [5, 5.41) is 7.83. The molecule has 0 saturated heterocycles. The highest BCUT2D eigenvalue weighted by Gasteiger charge is 2.27. The van der Waals surface area contributed by atoms with Gasteiger partial charge in [0.1, 0.15) is 0 Å². The summed E-state index contributed by atoms with van der Waals surface area (Å²) in [5.41, 5.74) is 0. The fraction of sp³-hybridized carbons (Fsp3) is 0.250. The molecule has 0 aliphatic heterocycles. The molecule has 90 valence electrons. The van der Waals surface area contributed by atoms with E-state index in [2.05, 4.69) is 4.31 Å². The molecule has 15 heavy (non-hydrogen) atoms. The van der Waals surface area contributed by atoms with E-state index in [4.69, 9.17) is 24.7 Å². The quantitative estimate of drug-likeness (QED) is 0.344. The van der Waals surface area contributed by atoms with Crippen LogP contribution in [0.25, 0.3) is 0 Å². The van der Waals surface area contributed by atoms with Gasteiger partial charge in [0.15, 0.2) is 0 Å². The number of allylic oxidation sites excluding steroid dienone is 1. The Balaban J connectivity index is 0. The lowest BCUT2D eigenvalue weighted by Crippen LogP contribution is -1.84. The minimum Gasteiger partial charge on any atom is -0.478 e. The summed E-state index contributed by atoms with van der Waals surface area (Å²) in [4.78, 5) is 40.5. The van der Waals surface area contributed by atoms with E-state index >= 15 is 0 Å². The molecule has 0 amide bonds. The van der Waals surface area contributed by atoms with Gasteiger partial charge >= 0.3 is 21.6 Å². The molecule has 0 spiro atoms. The first-order valence-electron chi connectivity index (χ1n) is 3.16. The van der Waals surface area contributed by atoms with Gasteiger partial charge in [0.2, 0.25) is 0 Å². The van der Waals surface area contributed by atoms with Gasteiger partial charge in [0.05, 0.1) is 0 Å². The third kappa shape index (κ3) is 24.7. The average Bonchev–Trinajstić information content (AvgIpc) is 1.77. The molecule has 5 N–H and O–H groups in total. The topological polar surface area (TPSA) is 162 Å². The molecule has 0 atom stereocenters. The maximum Gasteiger partial charge on any atom is 0.478 e. The van der Waals surface area contributed by atoms with Gasteiger partial charge in [-0.1, -0.05) is 6.08 Å². The zero-order valence-corrected chi connectivity index (χ0v) is 9.21. The molecule has 0 unspecified atom stereocenters. The molecule has 0 aromatic carbocycles. The monoisotopic (exact) mass is 264 g/mol. The molecule has 0 radical (unpaired) electrons. The minimum absolute atomic E-state index is 0.891. The van der Waals surface area contributed by atoms with Crippen LogP contribution in [0, 0.1) is 0 Å². The largest absolute Gasteiger partial charge is 0.478 e. The van der Waals surface area contributed by atoms with Crippen LogP contribution in [-0.4, -0.2) is 30.6 Å². The van der Waals surface area contributed by atoms with Crippen molar-refractivity contribution >= 4 is 21.6 Å². The molecule has 0 aliphatic rings. The number of hydrogen-bond donors (Lipinski definition) is 5. The summed E-state index contributed by atoms with van der Waals surface area (Å²) in [7, 11) is -10.1. The molecule has 0 saturated carbocycles. The Hall–Kier alpha value is -0.530. The van der Waals surface area contributed by atoms with Crippen LogP contribution < -0.4 is 0 Å². The number of carboxylic acid groups (broad SMARTS) is 1. The second-order valence-electron chi connectivity index (χ2n) is 1.90. The number of phosphoric acid groups is 2. The Labute approximate surface area is 84.5 Å². The lowest BCUT2D eigenvalue weighted by molar-refractivity contribution is -0.131. The molecule has 0 aromatic heterocycles. The summed E-state index contributed by atoms with van der Waals surface area (Å²) in [5.74, 6) is -0.891. The molecule has 11 heteroatoms. The van der Waals surface area contributed by atoms with Gasteiger partial charge < -0.3 is 24.7 Å². The van der Waals surface area contributed by atoms with E-state index in [9.17, 15) is 13.9 Å². The summed E-state index contributed by atoms with van der Waals surface area (Å²) in [6.45, 7) is 1.66. The van der Waals surface area contributed by atoms with Crippen molar-refractivity contribution in [2.24, 2.45) is 0 Å². The molecule has 0 aromatic rings. The SMILES string of the molecule is CC=CC(=O)O.O=P(O)(O)OP(=O)(O)O. The summed E-state index contributed by atoms with van der Waals surface area (Å²) in [6.07, 6.45) is 2.56. The van der Waals surface area contributed by atoms with Crippen LogP contribution in [0.5, 0.6) is 0 Å². The number of hydrogen-bond acceptors (Lipinski definition) is 4. The Morgan fingerprint density at radius 1 is 1.13 bits per heavy atom. The highest BCUT2D eigenvalue weighted by molar-refractivity contribution is 7.60. The average molecular weight is 264 g/mol. The van der Waals surface area contributed by atoms with Crippen molar-refractivity contribution in [3.63, 3.8) is 0 Å². The van der Waals surface area contributed by atoms with Crippen LogP contribution in [0.3, 0.4) is 0 Å². The van der Waals surface area contributed by atoms with E-state index < -0.39 is 21.6 Å². The van der Waals surface area contributed by atoms with E-state index in [0.29, 0.717) is 0 Å². The second kappa shape index (κ2) is 6.86. The zero-order valence-electron chi connectivity index (χ0n) is 7.42. The summed E-state index contributed by atoms with van der Waals surface area (Å²) < 4.78 is 22.2. The molecule has 9 nitrogen and oxygen atoms in total. The highest BCUT2D eigenvalue weighted by atomic mass is 31.3. The van der Waals surface area contributed by atoms with Gasteiger partial charge in [-0.3, -0.25) is 0 Å². The molecular weight excluding hydrogens is 254 g/mol. The lowest BCUT2D eigenvalue weighted by atomic mass is 10.5. The first kappa shape index (κ1) is 16.9. The van der Waals surface area contributed by atoms with Gasteiger partial charge in [0.25, 0.3) is 0 Å². The van der Waals surface area contributed by atoms with E-state index in [0.717, 1.165) is 6.08 Å². The summed E-state index contributed by atoms with van der Waals surface area (Å²) >= 11 is 0. The first-order chi connectivity index (χ1) is 6.48. The molecule has 0 bridgehead atoms. The molecule has 0 fully saturated rings. The maximum absolute atomic E-state index is 9.63. The van der Waals surface area contributed by atoms with E-state index in [1.807, 2.05) is 0 Å². The number of aliphatic carboxylic acids is 1. The van der Waals surface area contributed by atoms with Crippen LogP contribution in [0.1, 0.15) is 6.92 Å². The third-order valence-electron chi connectivity index (χ3n) is 0.522. The van der Waals surface area contributed by atoms with Crippen LogP contribution in [-0.2, 0) is 18.2 Å². The van der Waals surface area contributed by atoms with Crippen molar-refractivity contribution in [2.45, 2.75) is 6.92 Å². The van der Waals surface area contributed by atoms with Crippen LogP contribution in [0.15, 0.2) is 12.2 Å². The predicted molar refractivity (Wildman–Crippen MR) is 47.6 cm³/mol. The van der Waals surface area contributed by atoms with Gasteiger partial charge in [-0.15, -0.1) is 0 Å². The zero-order chi connectivity index (χ0) is 12.7. The van der Waals surface area contributed by atoms with Gasteiger partial charge in [-0.05, 0) is 6.92 Å². The Morgan fingerprint density at radius 3 is 1.47 bits per heavy atom. The standard InChI is InChI=1S/C4H6O2.H4O7P2/c1-2-3-4(5)6;1-8(2,3)7-9(4,5)6/h2-3H,1H3,(H,5,6);(H2,1,2,3)(H2,4,5,6). The van der Waals surface area contributed by atoms with Crippen LogP contribution >= 0.6 is 15.6 Å². The van der Waals surface area contributed by atoms with Gasteiger partial charge in [0, 0.05) is 6.08 Å². The first-order valence-corrected chi connectivity index (χ1v) is 6.22. The molecule has 0 heterocycles. The van der Waals surface area contributed by atoms with Crippen molar-refractivity contribution in [1.82, 2.24) is 0 Å². The molecule has 0 aliphatic carbocycles. The minimum atomic E-state index is -5.05. The smallest absolute Gasteiger partial charge is 0.478 e. The van der Waals surface area contributed by atoms with E-state index in [1.54, 1.807) is 6.92 Å². The Morgan fingerprint density at radius 2 is 1.47 bits per heavy atom. The fourth-order valence-electron chi connectivity index (χ4n) is 0.281. The lowest BCUT2D eigenvalue weighted by Gasteiger charge is -2.03. The van der Waals surface area contributed by atoms with Crippen molar-refractivity contribution in [3.05, 3.63) is 12.2 Å². The van der Waals surface area contributed by atoms with Crippen molar-refractivity contribution < 1.29 is 42.9 Å². The highest BCUT2D eigenvalue weighted by Crippen LogP contribution is 2.53. The van der Waals surface area contributed by atoms with Crippen molar-refractivity contribution in [1.29, 1.82) is 0 Å². The van der Waals surface area contributed by atoms with Gasteiger partial charge in [-0.2, -0.15) is 4.31 Å². The maximum atomic E-state index is 9.63. The third-order valence-corrected chi connectivity index (χ3v) is 2.22. The predicted octanol–water partition coefficient (Wildman–Crippen LogP) is -0.165. The van der Waals surface area contributed by atoms with Crippen molar-refractivity contribution in [3.8, 4) is 0 Å². The fourth-order valence-corrected chi connectivity index (χ4v) is 1.39. The van der Waals surface area contributed by atoms with Crippen molar-refractivity contribution in [2.75, 3.05) is 0 Å². The number of carbonyl (C=O) groups is 1. The Bertz CT molecular complexity index is 288. The number of carboxylic acids is 1. The van der Waals surface area contributed by atoms with Crippen LogP contribution in [0.4, 0.5) is 0 Å². The normalized spacial score (nSPS) is 12.1. The van der Waals surface area contributed by atoms with E-state index in [-0.39, 0.29) is 0 Å². The van der Waals surface area contributed by atoms with Gasteiger partial charge in [-0.25, -0.2) is 13.9 Å². The molecule has 0 rings (SSSR count). The summed E-state index contributed by atoms with van der Waals surface area (Å²) in [6, 6.07) is 0. The van der Waals surface area contributed by atoms with Crippen LogP contribution in [0.2, 0.25) is 0 Å². The molecular formula is C4H10O9P2. The number of rotatable bonds is 3. The Kier molecular flexibility index (Phi) is 7.72. The van der Waals surface area contributed by atoms with E-state index in [1.165, 1.54) is 6.08 Å².